The van der Waals surface area contributed by atoms with E-state index in [2.05, 4.69) is 24.3 Å². The first-order chi connectivity index (χ1) is 11.2. The van der Waals surface area contributed by atoms with Crippen LogP contribution in [0.2, 0.25) is 0 Å². The molecule has 3 aromatic carbocycles. The Morgan fingerprint density at radius 2 is 1.33 bits per heavy atom. The zero-order valence-corrected chi connectivity index (χ0v) is 14.2. The van der Waals surface area contributed by atoms with Crippen LogP contribution in [0.3, 0.4) is 0 Å². The fraction of sp³-hybridized carbons (Fsp3) is 0.143. The lowest BCUT2D eigenvalue weighted by atomic mass is 9.94. The average Bonchev–Trinajstić information content (AvgIpc) is 2.63. The predicted octanol–water partition coefficient (Wildman–Crippen LogP) is 4.38. The minimum absolute atomic E-state index is 0. The molecule has 0 radical (unpaired) electrons. The largest absolute Gasteiger partial charge is 0.391 e. The highest BCUT2D eigenvalue weighted by Crippen LogP contribution is 2.24. The molecule has 0 unspecified atom stereocenters. The van der Waals surface area contributed by atoms with E-state index in [1.165, 1.54) is 0 Å². The van der Waals surface area contributed by atoms with Gasteiger partial charge in [-0.2, -0.15) is 0 Å². The van der Waals surface area contributed by atoms with Crippen molar-refractivity contribution in [1.82, 2.24) is 0 Å². The van der Waals surface area contributed by atoms with Crippen LogP contribution in [-0.2, 0) is 6.42 Å². The molecular weight excluding hydrogens is 318 g/mol. The van der Waals surface area contributed by atoms with Gasteiger partial charge in [0, 0.05) is 6.42 Å². The Labute approximate surface area is 149 Å². The molecule has 124 valence electrons. The monoisotopic (exact) mass is 339 g/mol. The third-order valence-corrected chi connectivity index (χ3v) is 4.08. The van der Waals surface area contributed by atoms with Gasteiger partial charge in [-0.05, 0) is 28.3 Å². The van der Waals surface area contributed by atoms with Crippen molar-refractivity contribution in [2.24, 2.45) is 5.73 Å². The van der Waals surface area contributed by atoms with Gasteiger partial charge in [0.05, 0.1) is 12.1 Å². The van der Waals surface area contributed by atoms with Crippen LogP contribution >= 0.6 is 12.4 Å². The van der Waals surface area contributed by atoms with Crippen molar-refractivity contribution in [3.8, 4) is 11.1 Å². The maximum absolute atomic E-state index is 10.5. The molecule has 0 heterocycles. The van der Waals surface area contributed by atoms with Crippen LogP contribution in [0.15, 0.2) is 84.9 Å². The second-order valence-corrected chi connectivity index (χ2v) is 5.77. The van der Waals surface area contributed by atoms with Gasteiger partial charge in [0.25, 0.3) is 0 Å². The molecule has 2 atom stereocenters. The molecule has 3 N–H and O–H groups in total. The van der Waals surface area contributed by atoms with E-state index in [-0.39, 0.29) is 12.4 Å². The van der Waals surface area contributed by atoms with Crippen LogP contribution < -0.4 is 5.73 Å². The molecule has 0 fully saturated rings. The Hall–Kier alpha value is -2.13. The van der Waals surface area contributed by atoms with Crippen LogP contribution in [0.25, 0.3) is 11.1 Å². The van der Waals surface area contributed by atoms with E-state index in [1.807, 2.05) is 60.7 Å². The zero-order valence-electron chi connectivity index (χ0n) is 13.4. The SMILES string of the molecule is Cl.N[C@@H](c1cccc(-c2ccccc2)c1)[C@H](O)Cc1ccccc1. The molecule has 0 amide bonds. The van der Waals surface area contributed by atoms with Crippen LogP contribution in [-0.4, -0.2) is 11.2 Å². The number of halogens is 1. The highest BCUT2D eigenvalue weighted by molar-refractivity contribution is 5.85. The molecule has 0 saturated heterocycles. The summed E-state index contributed by atoms with van der Waals surface area (Å²) in [7, 11) is 0. The van der Waals surface area contributed by atoms with Gasteiger partial charge < -0.3 is 10.8 Å². The number of aliphatic hydroxyl groups excluding tert-OH is 1. The molecule has 0 saturated carbocycles. The Morgan fingerprint density at radius 1 is 0.750 bits per heavy atom. The van der Waals surface area contributed by atoms with Crippen molar-refractivity contribution < 1.29 is 5.11 Å². The number of aliphatic hydroxyl groups is 1. The summed E-state index contributed by atoms with van der Waals surface area (Å²) in [6, 6.07) is 27.8. The maximum Gasteiger partial charge on any atom is 0.0773 e. The van der Waals surface area contributed by atoms with E-state index in [0.29, 0.717) is 6.42 Å². The Kier molecular flexibility index (Phi) is 6.56. The number of hydrogen-bond acceptors (Lipinski definition) is 2. The first-order valence-corrected chi connectivity index (χ1v) is 7.87. The summed E-state index contributed by atoms with van der Waals surface area (Å²) in [6.07, 6.45) is -0.0548. The van der Waals surface area contributed by atoms with Gasteiger partial charge in [-0.15, -0.1) is 12.4 Å². The molecule has 24 heavy (non-hydrogen) atoms. The molecule has 0 bridgehead atoms. The number of hydrogen-bond donors (Lipinski definition) is 2. The minimum Gasteiger partial charge on any atom is -0.391 e. The van der Waals surface area contributed by atoms with Gasteiger partial charge >= 0.3 is 0 Å². The average molecular weight is 340 g/mol. The zero-order chi connectivity index (χ0) is 16.1. The summed E-state index contributed by atoms with van der Waals surface area (Å²) in [4.78, 5) is 0. The molecule has 3 rings (SSSR count). The molecular formula is C21H22ClNO. The van der Waals surface area contributed by atoms with Crippen molar-refractivity contribution in [2.75, 3.05) is 0 Å². The van der Waals surface area contributed by atoms with Crippen LogP contribution in [0.5, 0.6) is 0 Å². The van der Waals surface area contributed by atoms with E-state index < -0.39 is 12.1 Å². The van der Waals surface area contributed by atoms with Crippen molar-refractivity contribution in [1.29, 1.82) is 0 Å². The normalized spacial score (nSPS) is 12.9. The molecule has 3 heteroatoms. The van der Waals surface area contributed by atoms with Crippen molar-refractivity contribution in [3.05, 3.63) is 96.1 Å². The summed E-state index contributed by atoms with van der Waals surface area (Å²) in [5.41, 5.74) is 10.6. The van der Waals surface area contributed by atoms with Gasteiger partial charge in [0.2, 0.25) is 0 Å². The lowest BCUT2D eigenvalue weighted by molar-refractivity contribution is 0.145. The lowest BCUT2D eigenvalue weighted by Crippen LogP contribution is -2.28. The Morgan fingerprint density at radius 3 is 2.00 bits per heavy atom. The smallest absolute Gasteiger partial charge is 0.0773 e. The molecule has 0 aliphatic heterocycles. The predicted molar refractivity (Wildman–Crippen MR) is 102 cm³/mol. The standard InChI is InChI=1S/C21H21NO.ClH/c22-21(20(23)14-16-8-3-1-4-9-16)19-13-7-12-18(15-19)17-10-5-2-6-11-17;/h1-13,15,20-21,23H,14,22H2;1H/t20-,21+;/m1./s1. The summed E-state index contributed by atoms with van der Waals surface area (Å²) >= 11 is 0. The Bertz CT molecular complexity index is 746. The van der Waals surface area contributed by atoms with E-state index in [0.717, 1.165) is 22.3 Å². The molecule has 0 aliphatic rings. The van der Waals surface area contributed by atoms with Gasteiger partial charge in [-0.3, -0.25) is 0 Å². The molecule has 2 nitrogen and oxygen atoms in total. The third-order valence-electron chi connectivity index (χ3n) is 4.08. The van der Waals surface area contributed by atoms with Crippen LogP contribution in [0, 0.1) is 0 Å². The molecule has 3 aromatic rings. The van der Waals surface area contributed by atoms with E-state index in [4.69, 9.17) is 5.73 Å². The fourth-order valence-electron chi connectivity index (χ4n) is 2.76. The molecule has 0 aliphatic carbocycles. The van der Waals surface area contributed by atoms with Crippen LogP contribution in [0.1, 0.15) is 17.2 Å². The second-order valence-electron chi connectivity index (χ2n) is 5.77. The van der Waals surface area contributed by atoms with E-state index in [9.17, 15) is 5.11 Å². The topological polar surface area (TPSA) is 46.2 Å². The van der Waals surface area contributed by atoms with E-state index >= 15 is 0 Å². The Balaban J connectivity index is 0.00000208. The molecule has 0 spiro atoms. The maximum atomic E-state index is 10.5. The van der Waals surface area contributed by atoms with Crippen LogP contribution in [0.4, 0.5) is 0 Å². The quantitative estimate of drug-likeness (QED) is 0.724. The lowest BCUT2D eigenvalue weighted by Gasteiger charge is -2.20. The van der Waals surface area contributed by atoms with Gasteiger partial charge in [0.1, 0.15) is 0 Å². The van der Waals surface area contributed by atoms with Crippen molar-refractivity contribution >= 4 is 12.4 Å². The summed E-state index contributed by atoms with van der Waals surface area (Å²) < 4.78 is 0. The van der Waals surface area contributed by atoms with E-state index in [1.54, 1.807) is 0 Å². The molecule has 0 aromatic heterocycles. The number of rotatable bonds is 5. The first-order valence-electron chi connectivity index (χ1n) is 7.87. The summed E-state index contributed by atoms with van der Waals surface area (Å²) in [5, 5.41) is 10.5. The fourth-order valence-corrected chi connectivity index (χ4v) is 2.76. The number of nitrogens with two attached hydrogens (primary N) is 1. The van der Waals surface area contributed by atoms with Gasteiger partial charge in [0.15, 0.2) is 0 Å². The van der Waals surface area contributed by atoms with Gasteiger partial charge in [-0.25, -0.2) is 0 Å². The summed E-state index contributed by atoms with van der Waals surface area (Å²) in [5.74, 6) is 0. The highest BCUT2D eigenvalue weighted by atomic mass is 35.5. The highest BCUT2D eigenvalue weighted by Gasteiger charge is 2.17. The van der Waals surface area contributed by atoms with Crippen molar-refractivity contribution in [3.63, 3.8) is 0 Å². The first kappa shape index (κ1) is 18.2. The minimum atomic E-state index is -0.608. The third kappa shape index (κ3) is 4.45. The van der Waals surface area contributed by atoms with Gasteiger partial charge in [-0.1, -0.05) is 78.9 Å². The number of benzene rings is 3. The van der Waals surface area contributed by atoms with Crippen molar-refractivity contribution in [2.45, 2.75) is 18.6 Å². The summed E-state index contributed by atoms with van der Waals surface area (Å²) in [6.45, 7) is 0. The second kappa shape index (κ2) is 8.65.